The number of Topliss-reactive ketones (excluding diaryl/α,β-unsaturated/α-hetero) is 1. The van der Waals surface area contributed by atoms with E-state index in [-0.39, 0.29) is 17.5 Å². The van der Waals surface area contributed by atoms with Crippen molar-refractivity contribution in [2.75, 3.05) is 0 Å². The Labute approximate surface area is 73.3 Å². The van der Waals surface area contributed by atoms with Crippen molar-refractivity contribution in [3.63, 3.8) is 0 Å². The maximum absolute atomic E-state index is 11.6. The molecule has 0 aromatic rings. The highest BCUT2D eigenvalue weighted by Crippen LogP contribution is 2.40. The SMILES string of the molecule is CC1(C)OC1C(=O)[C]1[CH][CH][CH][CH]1. The molecule has 63 valence electrons. The standard InChI is InChI=1S/C10H11O2/c1-10(2)9(12-10)8(11)7-5-3-4-6-7/h3-6,9H,1-2H3. The van der Waals surface area contributed by atoms with Crippen LogP contribution in [0.15, 0.2) is 0 Å². The Hall–Kier alpha value is -0.370. The average molecular weight is 163 g/mol. The lowest BCUT2D eigenvalue weighted by Gasteiger charge is -2.03. The summed E-state index contributed by atoms with van der Waals surface area (Å²) in [4.78, 5) is 11.6. The molecule has 1 aliphatic heterocycles. The number of carbonyl (C=O) groups is 1. The first-order chi connectivity index (χ1) is 5.61. The number of carbonyl (C=O) groups excluding carboxylic acids is 1. The molecule has 2 aliphatic rings. The van der Waals surface area contributed by atoms with Crippen molar-refractivity contribution < 1.29 is 9.53 Å². The first-order valence-electron chi connectivity index (χ1n) is 4.05. The van der Waals surface area contributed by atoms with E-state index in [1.807, 2.05) is 39.5 Å². The van der Waals surface area contributed by atoms with Crippen LogP contribution in [0.4, 0.5) is 0 Å². The lowest BCUT2D eigenvalue weighted by Crippen LogP contribution is -2.20. The molecular weight excluding hydrogens is 152 g/mol. The molecule has 0 N–H and O–H groups in total. The van der Waals surface area contributed by atoms with Gasteiger partial charge >= 0.3 is 0 Å². The van der Waals surface area contributed by atoms with E-state index in [9.17, 15) is 4.79 Å². The summed E-state index contributed by atoms with van der Waals surface area (Å²) in [6.07, 6.45) is 7.14. The van der Waals surface area contributed by atoms with Gasteiger partial charge in [-0.2, -0.15) is 0 Å². The second-order valence-electron chi connectivity index (χ2n) is 3.64. The van der Waals surface area contributed by atoms with Gasteiger partial charge in [0.15, 0.2) is 5.78 Å². The Morgan fingerprint density at radius 3 is 2.33 bits per heavy atom. The minimum Gasteiger partial charge on any atom is -0.358 e. The van der Waals surface area contributed by atoms with Crippen LogP contribution in [0.25, 0.3) is 0 Å². The van der Waals surface area contributed by atoms with Crippen LogP contribution >= 0.6 is 0 Å². The second-order valence-corrected chi connectivity index (χ2v) is 3.64. The van der Waals surface area contributed by atoms with Crippen molar-refractivity contribution in [3.05, 3.63) is 31.6 Å². The second kappa shape index (κ2) is 2.56. The van der Waals surface area contributed by atoms with E-state index in [1.54, 1.807) is 0 Å². The quantitative estimate of drug-likeness (QED) is 0.571. The minimum atomic E-state index is -0.242. The van der Waals surface area contributed by atoms with Gasteiger partial charge in [0.2, 0.25) is 0 Å². The van der Waals surface area contributed by atoms with Crippen LogP contribution in [0.2, 0.25) is 0 Å². The maximum atomic E-state index is 11.6. The molecule has 2 heteroatoms. The van der Waals surface area contributed by atoms with E-state index in [1.165, 1.54) is 0 Å². The average Bonchev–Trinajstić information content (AvgIpc) is 2.56. The maximum Gasteiger partial charge on any atom is 0.172 e. The molecule has 0 bridgehead atoms. The minimum absolute atomic E-state index is 0.102. The third-order valence-electron chi connectivity index (χ3n) is 2.18. The number of hydrogen-bond donors (Lipinski definition) is 0. The van der Waals surface area contributed by atoms with E-state index >= 15 is 0 Å². The Morgan fingerprint density at radius 2 is 1.92 bits per heavy atom. The molecule has 2 nitrogen and oxygen atoms in total. The number of rotatable bonds is 2. The van der Waals surface area contributed by atoms with Crippen LogP contribution in [-0.2, 0) is 9.53 Å². The predicted molar refractivity (Wildman–Crippen MR) is 44.4 cm³/mol. The molecule has 5 radical (unpaired) electrons. The van der Waals surface area contributed by atoms with Gasteiger partial charge < -0.3 is 4.74 Å². The van der Waals surface area contributed by atoms with Crippen LogP contribution in [0.3, 0.4) is 0 Å². The van der Waals surface area contributed by atoms with Crippen LogP contribution in [0.5, 0.6) is 0 Å². The highest BCUT2D eigenvalue weighted by atomic mass is 16.6. The van der Waals surface area contributed by atoms with E-state index in [0.717, 1.165) is 5.92 Å². The first-order valence-corrected chi connectivity index (χ1v) is 4.05. The van der Waals surface area contributed by atoms with E-state index in [4.69, 9.17) is 4.74 Å². The van der Waals surface area contributed by atoms with Gasteiger partial charge in [-0.25, -0.2) is 0 Å². The van der Waals surface area contributed by atoms with Crippen molar-refractivity contribution >= 4 is 5.78 Å². The summed E-state index contributed by atoms with van der Waals surface area (Å²) >= 11 is 0. The van der Waals surface area contributed by atoms with E-state index < -0.39 is 0 Å². The van der Waals surface area contributed by atoms with Gasteiger partial charge in [0.1, 0.15) is 6.10 Å². The molecule has 0 amide bonds. The first kappa shape index (κ1) is 8.24. The fourth-order valence-electron chi connectivity index (χ4n) is 1.33. The summed E-state index contributed by atoms with van der Waals surface area (Å²) in [7, 11) is 0. The molecule has 1 aliphatic carbocycles. The highest BCUT2D eigenvalue weighted by Gasteiger charge is 2.54. The molecular formula is C10H11O2. The molecule has 0 aromatic carbocycles. The van der Waals surface area contributed by atoms with Gasteiger partial charge in [0.25, 0.3) is 0 Å². The monoisotopic (exact) mass is 163 g/mol. The normalized spacial score (nSPS) is 33.7. The van der Waals surface area contributed by atoms with E-state index in [2.05, 4.69) is 0 Å². The largest absolute Gasteiger partial charge is 0.358 e. The zero-order valence-corrected chi connectivity index (χ0v) is 7.20. The molecule has 2 fully saturated rings. The van der Waals surface area contributed by atoms with Crippen molar-refractivity contribution in [2.24, 2.45) is 0 Å². The Balaban J connectivity index is 1.93. The molecule has 12 heavy (non-hydrogen) atoms. The third-order valence-corrected chi connectivity index (χ3v) is 2.18. The van der Waals surface area contributed by atoms with Crippen molar-refractivity contribution in [1.29, 1.82) is 0 Å². The molecule has 0 spiro atoms. The fourth-order valence-corrected chi connectivity index (χ4v) is 1.33. The zero-order chi connectivity index (χ0) is 8.77. The number of ether oxygens (including phenoxy) is 1. The summed E-state index contributed by atoms with van der Waals surface area (Å²) in [6.45, 7) is 3.86. The fraction of sp³-hybridized carbons (Fsp3) is 0.400. The predicted octanol–water partition coefficient (Wildman–Crippen LogP) is 1.14. The Bertz CT molecular complexity index is 195. The highest BCUT2D eigenvalue weighted by molar-refractivity contribution is 6.02. The molecule has 0 aromatic heterocycles. The summed E-state index contributed by atoms with van der Waals surface area (Å²) in [5.74, 6) is 0.857. The van der Waals surface area contributed by atoms with Crippen molar-refractivity contribution in [3.8, 4) is 0 Å². The van der Waals surface area contributed by atoms with Crippen LogP contribution < -0.4 is 0 Å². The topological polar surface area (TPSA) is 29.6 Å². The molecule has 1 unspecified atom stereocenters. The summed E-state index contributed by atoms with van der Waals surface area (Å²) in [5, 5.41) is 0. The molecule has 1 heterocycles. The Kier molecular flexibility index (Phi) is 1.76. The van der Waals surface area contributed by atoms with Crippen molar-refractivity contribution in [2.45, 2.75) is 25.6 Å². The number of epoxide rings is 1. The summed E-state index contributed by atoms with van der Waals surface area (Å²) in [5.41, 5.74) is -0.242. The number of hydrogen-bond acceptors (Lipinski definition) is 2. The lowest BCUT2D eigenvalue weighted by atomic mass is 9.95. The van der Waals surface area contributed by atoms with Crippen LogP contribution in [-0.4, -0.2) is 17.5 Å². The molecule has 2 rings (SSSR count). The van der Waals surface area contributed by atoms with Crippen molar-refractivity contribution in [1.82, 2.24) is 0 Å². The smallest absolute Gasteiger partial charge is 0.172 e. The van der Waals surface area contributed by atoms with Crippen LogP contribution in [0.1, 0.15) is 13.8 Å². The lowest BCUT2D eigenvalue weighted by molar-refractivity contribution is -0.117. The summed E-state index contributed by atoms with van der Waals surface area (Å²) < 4.78 is 5.24. The van der Waals surface area contributed by atoms with Gasteiger partial charge in [0.05, 0.1) is 11.5 Å². The Morgan fingerprint density at radius 1 is 1.42 bits per heavy atom. The number of ketones is 1. The van der Waals surface area contributed by atoms with Crippen LogP contribution in [0, 0.1) is 31.6 Å². The zero-order valence-electron chi connectivity index (χ0n) is 7.20. The van der Waals surface area contributed by atoms with Gasteiger partial charge in [-0.1, -0.05) is 0 Å². The van der Waals surface area contributed by atoms with E-state index in [0.29, 0.717) is 0 Å². The van der Waals surface area contributed by atoms with Gasteiger partial charge in [-0.05, 0) is 39.5 Å². The molecule has 1 saturated heterocycles. The van der Waals surface area contributed by atoms with Gasteiger partial charge in [-0.15, -0.1) is 0 Å². The third kappa shape index (κ3) is 1.28. The van der Waals surface area contributed by atoms with Gasteiger partial charge in [-0.3, -0.25) is 4.79 Å². The molecule has 1 saturated carbocycles. The molecule has 1 atom stereocenters. The van der Waals surface area contributed by atoms with Gasteiger partial charge in [0, 0.05) is 0 Å². The summed E-state index contributed by atoms with van der Waals surface area (Å²) in [6, 6.07) is 0.